The molecule has 0 radical (unpaired) electrons. The predicted molar refractivity (Wildman–Crippen MR) is 48.6 cm³/mol. The van der Waals surface area contributed by atoms with Crippen molar-refractivity contribution in [1.29, 1.82) is 0 Å². The fourth-order valence-electron chi connectivity index (χ4n) is 1.40. The van der Waals surface area contributed by atoms with E-state index in [2.05, 4.69) is 12.2 Å². The van der Waals surface area contributed by atoms with Crippen LogP contribution in [0.15, 0.2) is 0 Å². The van der Waals surface area contributed by atoms with Crippen LogP contribution < -0.4 is 11.1 Å². The van der Waals surface area contributed by atoms with Crippen LogP contribution in [0.3, 0.4) is 0 Å². The Morgan fingerprint density at radius 1 is 1.67 bits per heavy atom. The smallest absolute Gasteiger partial charge is 0.231 e. The molecule has 1 aliphatic rings. The third-order valence-corrected chi connectivity index (χ3v) is 2.37. The van der Waals surface area contributed by atoms with Crippen LogP contribution in [0.2, 0.25) is 0 Å². The molecule has 0 heterocycles. The molecule has 1 aliphatic carbocycles. The third kappa shape index (κ3) is 3.72. The minimum absolute atomic E-state index is 0.260. The van der Waals surface area contributed by atoms with Crippen molar-refractivity contribution in [1.82, 2.24) is 5.32 Å². The van der Waals surface area contributed by atoms with E-state index in [0.29, 0.717) is 12.6 Å². The van der Waals surface area contributed by atoms with Gasteiger partial charge in [0.05, 0.1) is 6.54 Å². The molecule has 0 spiro atoms. The molecule has 1 rings (SSSR count). The molecule has 3 nitrogen and oxygen atoms in total. The predicted octanol–water partition coefficient (Wildman–Crippen LogP) is 0.640. The number of nitrogens with one attached hydrogen (secondary N) is 1. The monoisotopic (exact) mass is 170 g/mol. The highest BCUT2D eigenvalue weighted by Gasteiger charge is 2.24. The number of hydrogen-bond acceptors (Lipinski definition) is 2. The van der Waals surface area contributed by atoms with Gasteiger partial charge in [-0.15, -0.1) is 0 Å². The summed E-state index contributed by atoms with van der Waals surface area (Å²) in [5, 5.41) is 3.17. The van der Waals surface area contributed by atoms with Crippen molar-refractivity contribution in [2.24, 2.45) is 11.7 Å². The van der Waals surface area contributed by atoms with E-state index in [0.717, 1.165) is 12.3 Å². The van der Waals surface area contributed by atoms with E-state index in [1.54, 1.807) is 0 Å². The van der Waals surface area contributed by atoms with Gasteiger partial charge in [-0.25, -0.2) is 0 Å². The van der Waals surface area contributed by atoms with Gasteiger partial charge in [-0.3, -0.25) is 4.79 Å². The van der Waals surface area contributed by atoms with Gasteiger partial charge in [0.1, 0.15) is 0 Å². The van der Waals surface area contributed by atoms with Gasteiger partial charge >= 0.3 is 0 Å². The van der Waals surface area contributed by atoms with E-state index in [4.69, 9.17) is 5.73 Å². The fourth-order valence-corrected chi connectivity index (χ4v) is 1.40. The van der Waals surface area contributed by atoms with Crippen LogP contribution in [0.1, 0.15) is 32.6 Å². The maximum atomic E-state index is 10.5. The molecular formula is C9H18N2O. The zero-order chi connectivity index (χ0) is 8.97. The maximum Gasteiger partial charge on any atom is 0.231 e. The highest BCUT2D eigenvalue weighted by Crippen LogP contribution is 2.33. The van der Waals surface area contributed by atoms with Crippen molar-refractivity contribution in [2.75, 3.05) is 6.54 Å². The molecule has 1 unspecified atom stereocenters. The van der Waals surface area contributed by atoms with Crippen molar-refractivity contribution in [3.05, 3.63) is 0 Å². The second-order valence-electron chi connectivity index (χ2n) is 3.63. The minimum atomic E-state index is -0.260. The molecule has 0 saturated heterocycles. The van der Waals surface area contributed by atoms with Crippen molar-refractivity contribution in [3.8, 4) is 0 Å². The SMILES string of the molecule is CCC(CC1CC1)NCC(N)=O. The van der Waals surface area contributed by atoms with Crippen molar-refractivity contribution >= 4 is 5.91 Å². The largest absolute Gasteiger partial charge is 0.369 e. The van der Waals surface area contributed by atoms with Crippen LogP contribution in [-0.4, -0.2) is 18.5 Å². The molecule has 1 fully saturated rings. The first-order chi connectivity index (χ1) is 5.72. The summed E-state index contributed by atoms with van der Waals surface area (Å²) in [5.74, 6) is 0.652. The first-order valence-corrected chi connectivity index (χ1v) is 4.74. The number of rotatable bonds is 6. The summed E-state index contributed by atoms with van der Waals surface area (Å²) >= 11 is 0. The summed E-state index contributed by atoms with van der Waals surface area (Å²) in [7, 11) is 0. The van der Waals surface area contributed by atoms with Gasteiger partial charge in [-0.2, -0.15) is 0 Å². The molecule has 3 N–H and O–H groups in total. The molecule has 0 aromatic heterocycles. The van der Waals surface area contributed by atoms with Gasteiger partial charge in [-0.1, -0.05) is 19.8 Å². The van der Waals surface area contributed by atoms with Crippen molar-refractivity contribution in [2.45, 2.75) is 38.6 Å². The average Bonchev–Trinajstić information content (AvgIpc) is 2.81. The van der Waals surface area contributed by atoms with Crippen LogP contribution in [0.5, 0.6) is 0 Å². The number of primary amides is 1. The normalized spacial score (nSPS) is 19.1. The quantitative estimate of drug-likeness (QED) is 0.614. The molecule has 0 bridgehead atoms. The molecule has 0 aliphatic heterocycles. The fraction of sp³-hybridized carbons (Fsp3) is 0.889. The van der Waals surface area contributed by atoms with Gasteiger partial charge in [0.25, 0.3) is 0 Å². The molecule has 1 atom stereocenters. The number of carbonyl (C=O) groups is 1. The van der Waals surface area contributed by atoms with E-state index in [9.17, 15) is 4.79 Å². The highest BCUT2D eigenvalue weighted by molar-refractivity contribution is 5.75. The van der Waals surface area contributed by atoms with E-state index in [1.807, 2.05) is 0 Å². The van der Waals surface area contributed by atoms with Crippen LogP contribution in [0, 0.1) is 5.92 Å². The summed E-state index contributed by atoms with van der Waals surface area (Å²) in [6, 6.07) is 0.491. The summed E-state index contributed by atoms with van der Waals surface area (Å²) < 4.78 is 0. The Balaban J connectivity index is 2.10. The number of carbonyl (C=O) groups excluding carboxylic acids is 1. The topological polar surface area (TPSA) is 55.1 Å². The van der Waals surface area contributed by atoms with Crippen LogP contribution in [-0.2, 0) is 4.79 Å². The molecule has 0 aromatic carbocycles. The summed E-state index contributed by atoms with van der Waals surface area (Å²) in [5.41, 5.74) is 5.04. The second kappa shape index (κ2) is 4.45. The number of hydrogen-bond donors (Lipinski definition) is 2. The third-order valence-electron chi connectivity index (χ3n) is 2.37. The first kappa shape index (κ1) is 9.52. The molecule has 1 saturated carbocycles. The van der Waals surface area contributed by atoms with E-state index < -0.39 is 0 Å². The lowest BCUT2D eigenvalue weighted by Crippen LogP contribution is -2.36. The molecular weight excluding hydrogens is 152 g/mol. The highest BCUT2D eigenvalue weighted by atomic mass is 16.1. The Morgan fingerprint density at radius 3 is 2.75 bits per heavy atom. The first-order valence-electron chi connectivity index (χ1n) is 4.74. The van der Waals surface area contributed by atoms with Crippen LogP contribution >= 0.6 is 0 Å². The second-order valence-corrected chi connectivity index (χ2v) is 3.63. The Morgan fingerprint density at radius 2 is 2.33 bits per heavy atom. The summed E-state index contributed by atoms with van der Waals surface area (Å²) in [6.07, 6.45) is 5.04. The lowest BCUT2D eigenvalue weighted by molar-refractivity contribution is -0.117. The summed E-state index contributed by atoms with van der Waals surface area (Å²) in [4.78, 5) is 10.5. The lowest BCUT2D eigenvalue weighted by atomic mass is 10.1. The van der Waals surface area contributed by atoms with E-state index >= 15 is 0 Å². The zero-order valence-electron chi connectivity index (χ0n) is 7.68. The van der Waals surface area contributed by atoms with Crippen LogP contribution in [0.25, 0.3) is 0 Å². The Hall–Kier alpha value is -0.570. The number of amides is 1. The average molecular weight is 170 g/mol. The molecule has 0 aromatic rings. The Bertz CT molecular complexity index is 155. The number of nitrogens with two attached hydrogens (primary N) is 1. The maximum absolute atomic E-state index is 10.5. The van der Waals surface area contributed by atoms with Gasteiger partial charge < -0.3 is 11.1 Å². The molecule has 12 heavy (non-hydrogen) atoms. The van der Waals surface area contributed by atoms with Crippen molar-refractivity contribution in [3.63, 3.8) is 0 Å². The van der Waals surface area contributed by atoms with Gasteiger partial charge in [0.15, 0.2) is 0 Å². The lowest BCUT2D eigenvalue weighted by Gasteiger charge is -2.14. The van der Waals surface area contributed by atoms with Gasteiger partial charge in [0.2, 0.25) is 5.91 Å². The van der Waals surface area contributed by atoms with Gasteiger partial charge in [-0.05, 0) is 18.8 Å². The molecule has 1 amide bonds. The summed E-state index contributed by atoms with van der Waals surface area (Å²) in [6.45, 7) is 2.46. The zero-order valence-corrected chi connectivity index (χ0v) is 7.68. The standard InChI is InChI=1S/C9H18N2O/c1-2-8(5-7-3-4-7)11-6-9(10)12/h7-8,11H,2-6H2,1H3,(H2,10,12). The Kier molecular flexibility index (Phi) is 3.53. The molecule has 70 valence electrons. The van der Waals surface area contributed by atoms with E-state index in [-0.39, 0.29) is 5.91 Å². The Labute approximate surface area is 73.7 Å². The van der Waals surface area contributed by atoms with Gasteiger partial charge in [0, 0.05) is 6.04 Å². The molecule has 3 heteroatoms. The minimum Gasteiger partial charge on any atom is -0.369 e. The van der Waals surface area contributed by atoms with Crippen LogP contribution in [0.4, 0.5) is 0 Å². The van der Waals surface area contributed by atoms with Crippen molar-refractivity contribution < 1.29 is 4.79 Å². The van der Waals surface area contributed by atoms with E-state index in [1.165, 1.54) is 19.3 Å².